The van der Waals surface area contributed by atoms with Crippen LogP contribution in [0.2, 0.25) is 0 Å². The number of hydrogen-bond donors (Lipinski definition) is 2. The van der Waals surface area contributed by atoms with Crippen LogP contribution in [0.5, 0.6) is 0 Å². The molecule has 0 aromatic heterocycles. The monoisotopic (exact) mass is 376 g/mol. The topological polar surface area (TPSA) is 75.3 Å². The first-order chi connectivity index (χ1) is 11.9. The molecule has 0 atom stereocenters. The van der Waals surface area contributed by atoms with Gasteiger partial charge in [0.25, 0.3) is 0 Å². The van der Waals surface area contributed by atoms with Gasteiger partial charge < -0.3 is 5.32 Å². The summed E-state index contributed by atoms with van der Waals surface area (Å²) in [5, 5.41) is 2.82. The highest BCUT2D eigenvalue weighted by atomic mass is 32.2. The Balaban J connectivity index is 1.52. The molecular formula is C18H20N2O3S2. The summed E-state index contributed by atoms with van der Waals surface area (Å²) >= 11 is 1.52. The van der Waals surface area contributed by atoms with Gasteiger partial charge in [-0.1, -0.05) is 6.07 Å². The van der Waals surface area contributed by atoms with E-state index in [2.05, 4.69) is 28.2 Å². The highest BCUT2D eigenvalue weighted by molar-refractivity contribution is 8.00. The van der Waals surface area contributed by atoms with Crippen molar-refractivity contribution in [1.82, 2.24) is 0 Å². The maximum atomic E-state index is 12.1. The molecule has 2 aromatic rings. The van der Waals surface area contributed by atoms with Crippen LogP contribution in [0.3, 0.4) is 0 Å². The van der Waals surface area contributed by atoms with Crippen molar-refractivity contribution >= 4 is 39.1 Å². The number of thioether (sulfide) groups is 1. The Labute approximate surface area is 152 Å². The fraction of sp³-hybridized carbons (Fsp3) is 0.278. The second-order valence-electron chi connectivity index (χ2n) is 6.07. The van der Waals surface area contributed by atoms with Crippen LogP contribution in [-0.4, -0.2) is 26.3 Å². The molecule has 2 N–H and O–H groups in total. The molecule has 0 radical (unpaired) electrons. The van der Waals surface area contributed by atoms with Gasteiger partial charge in [0.15, 0.2) is 0 Å². The highest BCUT2D eigenvalue weighted by Gasteiger charge is 2.12. The van der Waals surface area contributed by atoms with Crippen LogP contribution < -0.4 is 10.0 Å². The summed E-state index contributed by atoms with van der Waals surface area (Å²) in [7, 11) is -3.30. The van der Waals surface area contributed by atoms with Gasteiger partial charge in [-0.2, -0.15) is 0 Å². The predicted molar refractivity (Wildman–Crippen MR) is 103 cm³/mol. The van der Waals surface area contributed by atoms with Crippen molar-refractivity contribution in [2.24, 2.45) is 0 Å². The number of carbonyl (C=O) groups excluding carboxylic acids is 1. The van der Waals surface area contributed by atoms with Crippen molar-refractivity contribution in [3.05, 3.63) is 53.6 Å². The molecule has 1 amide bonds. The number of nitrogens with one attached hydrogen (secondary N) is 2. The zero-order chi connectivity index (χ0) is 17.9. The highest BCUT2D eigenvalue weighted by Crippen LogP contribution is 2.27. The van der Waals surface area contributed by atoms with E-state index in [1.807, 2.05) is 0 Å². The Morgan fingerprint density at radius 3 is 2.44 bits per heavy atom. The molecule has 0 heterocycles. The molecule has 0 fully saturated rings. The van der Waals surface area contributed by atoms with Crippen LogP contribution in [-0.2, 0) is 27.7 Å². The van der Waals surface area contributed by atoms with Gasteiger partial charge in [0, 0.05) is 16.3 Å². The molecule has 132 valence electrons. The third-order valence-corrected chi connectivity index (χ3v) is 5.51. The minimum Gasteiger partial charge on any atom is -0.325 e. The lowest BCUT2D eigenvalue weighted by Crippen LogP contribution is -2.14. The maximum absolute atomic E-state index is 12.1. The molecular weight excluding hydrogens is 356 g/mol. The summed E-state index contributed by atoms with van der Waals surface area (Å²) in [5.41, 5.74) is 3.93. The van der Waals surface area contributed by atoms with Gasteiger partial charge in [-0.25, -0.2) is 8.42 Å². The van der Waals surface area contributed by atoms with Crippen molar-refractivity contribution in [2.45, 2.75) is 24.2 Å². The first-order valence-electron chi connectivity index (χ1n) is 8.01. The molecule has 5 nitrogen and oxygen atoms in total. The summed E-state index contributed by atoms with van der Waals surface area (Å²) in [5.74, 6) is 0.247. The van der Waals surface area contributed by atoms with E-state index in [9.17, 15) is 13.2 Å². The summed E-state index contributed by atoms with van der Waals surface area (Å²) in [4.78, 5) is 13.2. The number of rotatable bonds is 6. The average molecular weight is 377 g/mol. The van der Waals surface area contributed by atoms with E-state index in [0.29, 0.717) is 17.1 Å². The zero-order valence-corrected chi connectivity index (χ0v) is 15.5. The third-order valence-electron chi connectivity index (χ3n) is 3.91. The van der Waals surface area contributed by atoms with E-state index in [0.717, 1.165) is 24.0 Å². The molecule has 0 saturated carbocycles. The molecule has 0 saturated heterocycles. The zero-order valence-electron chi connectivity index (χ0n) is 13.9. The number of fused-ring (bicyclic) bond motifs is 1. The van der Waals surface area contributed by atoms with E-state index >= 15 is 0 Å². The van der Waals surface area contributed by atoms with Crippen molar-refractivity contribution in [3.63, 3.8) is 0 Å². The Morgan fingerprint density at radius 2 is 1.72 bits per heavy atom. The molecule has 0 unspecified atom stereocenters. The van der Waals surface area contributed by atoms with E-state index in [1.165, 1.54) is 29.3 Å². The van der Waals surface area contributed by atoms with Gasteiger partial charge in [0.2, 0.25) is 15.9 Å². The number of aryl methyl sites for hydroxylation is 2. The fourth-order valence-corrected chi connectivity index (χ4v) is 4.14. The van der Waals surface area contributed by atoms with Gasteiger partial charge in [-0.15, -0.1) is 11.8 Å². The molecule has 1 aliphatic carbocycles. The summed E-state index contributed by atoms with van der Waals surface area (Å²) in [6.07, 6.45) is 4.60. The molecule has 0 bridgehead atoms. The van der Waals surface area contributed by atoms with Crippen molar-refractivity contribution < 1.29 is 13.2 Å². The van der Waals surface area contributed by atoms with E-state index in [4.69, 9.17) is 0 Å². The number of anilines is 2. The van der Waals surface area contributed by atoms with Crippen molar-refractivity contribution in [1.29, 1.82) is 0 Å². The van der Waals surface area contributed by atoms with Crippen LogP contribution in [0.25, 0.3) is 0 Å². The van der Waals surface area contributed by atoms with Crippen LogP contribution in [0.15, 0.2) is 47.4 Å². The molecule has 0 spiro atoms. The lowest BCUT2D eigenvalue weighted by atomic mass is 10.1. The lowest BCUT2D eigenvalue weighted by molar-refractivity contribution is -0.113. The second kappa shape index (κ2) is 7.49. The Kier molecular flexibility index (Phi) is 5.34. The number of sulfonamides is 1. The standard InChI is InChI=1S/C18H20N2O3S2/c1-25(22,23)20-16-8-6-15(7-9-16)19-18(21)12-24-17-10-5-13-3-2-4-14(13)11-17/h5-11,20H,2-4,12H2,1H3,(H,19,21). The largest absolute Gasteiger partial charge is 0.325 e. The van der Waals surface area contributed by atoms with Gasteiger partial charge in [0.05, 0.1) is 12.0 Å². The molecule has 25 heavy (non-hydrogen) atoms. The Bertz CT molecular complexity index is 878. The van der Waals surface area contributed by atoms with E-state index in [-0.39, 0.29) is 5.91 Å². The number of hydrogen-bond acceptors (Lipinski definition) is 4. The molecule has 0 aliphatic heterocycles. The first-order valence-corrected chi connectivity index (χ1v) is 10.9. The van der Waals surface area contributed by atoms with E-state index in [1.54, 1.807) is 24.3 Å². The van der Waals surface area contributed by atoms with Gasteiger partial charge in [-0.05, 0) is 66.8 Å². The Morgan fingerprint density at radius 1 is 1.04 bits per heavy atom. The third kappa shape index (κ3) is 5.24. The fourth-order valence-electron chi connectivity index (χ4n) is 2.82. The van der Waals surface area contributed by atoms with Crippen LogP contribution in [0, 0.1) is 0 Å². The normalized spacial score (nSPS) is 13.3. The molecule has 7 heteroatoms. The number of amides is 1. The van der Waals surface area contributed by atoms with Crippen LogP contribution >= 0.6 is 11.8 Å². The smallest absolute Gasteiger partial charge is 0.234 e. The van der Waals surface area contributed by atoms with Crippen molar-refractivity contribution in [2.75, 3.05) is 22.0 Å². The quantitative estimate of drug-likeness (QED) is 0.759. The number of benzene rings is 2. The molecule has 2 aromatic carbocycles. The summed E-state index contributed by atoms with van der Waals surface area (Å²) in [6.45, 7) is 0. The molecule has 3 rings (SSSR count). The Hall–Kier alpha value is -1.99. The van der Waals surface area contributed by atoms with Crippen LogP contribution in [0.4, 0.5) is 11.4 Å². The number of carbonyl (C=O) groups is 1. The minimum absolute atomic E-state index is 0.0886. The van der Waals surface area contributed by atoms with Gasteiger partial charge in [-0.3, -0.25) is 9.52 Å². The van der Waals surface area contributed by atoms with Gasteiger partial charge in [0.1, 0.15) is 0 Å². The summed E-state index contributed by atoms with van der Waals surface area (Å²) in [6, 6.07) is 13.0. The van der Waals surface area contributed by atoms with E-state index < -0.39 is 10.0 Å². The average Bonchev–Trinajstić information content (AvgIpc) is 3.01. The maximum Gasteiger partial charge on any atom is 0.234 e. The van der Waals surface area contributed by atoms with Gasteiger partial charge >= 0.3 is 0 Å². The van der Waals surface area contributed by atoms with Crippen molar-refractivity contribution in [3.8, 4) is 0 Å². The predicted octanol–water partition coefficient (Wildman–Crippen LogP) is 3.28. The first kappa shape index (κ1) is 17.8. The second-order valence-corrected chi connectivity index (χ2v) is 8.87. The summed E-state index contributed by atoms with van der Waals surface area (Å²) < 4.78 is 24.7. The van der Waals surface area contributed by atoms with Crippen LogP contribution in [0.1, 0.15) is 17.5 Å². The lowest BCUT2D eigenvalue weighted by Gasteiger charge is -2.08. The SMILES string of the molecule is CS(=O)(=O)Nc1ccc(NC(=O)CSc2ccc3c(c2)CCC3)cc1. The minimum atomic E-state index is -3.30. The molecule has 1 aliphatic rings.